The number of pyridine rings is 1. The van der Waals surface area contributed by atoms with Gasteiger partial charge in [0.2, 0.25) is 5.91 Å². The first kappa shape index (κ1) is 17.4. The highest BCUT2D eigenvalue weighted by Crippen LogP contribution is 2.22. The maximum absolute atomic E-state index is 12.5. The van der Waals surface area contributed by atoms with Crippen molar-refractivity contribution in [2.75, 3.05) is 23.3 Å². The van der Waals surface area contributed by atoms with Gasteiger partial charge in [-0.15, -0.1) is 0 Å². The summed E-state index contributed by atoms with van der Waals surface area (Å²) in [4.78, 5) is 19.3. The first-order valence-corrected chi connectivity index (χ1v) is 8.97. The van der Waals surface area contributed by atoms with Crippen molar-refractivity contribution < 1.29 is 4.79 Å². The smallest absolute Gasteiger partial charge is 0.229 e. The van der Waals surface area contributed by atoms with Gasteiger partial charge in [0, 0.05) is 19.1 Å². The van der Waals surface area contributed by atoms with Crippen molar-refractivity contribution in [1.82, 2.24) is 4.98 Å². The molecule has 1 aromatic heterocycles. The molecule has 5 heteroatoms. The van der Waals surface area contributed by atoms with E-state index in [1.807, 2.05) is 49.4 Å². The number of amides is 1. The molecule has 1 aliphatic heterocycles. The van der Waals surface area contributed by atoms with Crippen molar-refractivity contribution in [3.05, 3.63) is 54.2 Å². The van der Waals surface area contributed by atoms with Gasteiger partial charge in [-0.1, -0.05) is 37.3 Å². The zero-order chi connectivity index (χ0) is 17.6. The van der Waals surface area contributed by atoms with E-state index in [2.05, 4.69) is 15.2 Å². The number of piperidine rings is 1. The molecule has 0 spiro atoms. The molecule has 25 heavy (non-hydrogen) atoms. The number of benzene rings is 1. The molecule has 1 saturated heterocycles. The number of hydrogen-bond donors (Lipinski definition) is 2. The summed E-state index contributed by atoms with van der Waals surface area (Å²) in [6.45, 7) is 3.96. The van der Waals surface area contributed by atoms with Crippen LogP contribution in [-0.2, 0) is 4.79 Å². The van der Waals surface area contributed by atoms with Gasteiger partial charge in [0.1, 0.15) is 5.82 Å². The number of aromatic nitrogens is 1. The second kappa shape index (κ2) is 8.12. The van der Waals surface area contributed by atoms with Crippen LogP contribution in [-0.4, -0.2) is 24.0 Å². The quantitative estimate of drug-likeness (QED) is 0.877. The molecule has 2 heterocycles. The summed E-state index contributed by atoms with van der Waals surface area (Å²) >= 11 is 0. The highest BCUT2D eigenvalue weighted by atomic mass is 16.1. The number of anilines is 2. The number of hydrogen-bond acceptors (Lipinski definition) is 4. The average Bonchev–Trinajstić information content (AvgIpc) is 2.68. The molecule has 1 fully saturated rings. The SMILES string of the molecule is CC(C(=O)Nc1ccc(N2CCCCC2)nc1)C(N)c1ccccc1. The van der Waals surface area contributed by atoms with Crippen LogP contribution in [0, 0.1) is 5.92 Å². The lowest BCUT2D eigenvalue weighted by Gasteiger charge is -2.27. The molecule has 5 nitrogen and oxygen atoms in total. The van der Waals surface area contributed by atoms with E-state index in [0.29, 0.717) is 5.69 Å². The Morgan fingerprint density at radius 1 is 1.12 bits per heavy atom. The molecule has 3 N–H and O–H groups in total. The Bertz CT molecular complexity index is 681. The first-order chi connectivity index (χ1) is 12.1. The number of carbonyl (C=O) groups is 1. The van der Waals surface area contributed by atoms with Crippen LogP contribution in [0.3, 0.4) is 0 Å². The van der Waals surface area contributed by atoms with E-state index < -0.39 is 0 Å². The van der Waals surface area contributed by atoms with Crippen LogP contribution in [0.5, 0.6) is 0 Å². The number of carbonyl (C=O) groups excluding carboxylic acids is 1. The van der Waals surface area contributed by atoms with Crippen molar-refractivity contribution in [3.63, 3.8) is 0 Å². The van der Waals surface area contributed by atoms with Crippen molar-refractivity contribution in [1.29, 1.82) is 0 Å². The Morgan fingerprint density at radius 2 is 1.84 bits per heavy atom. The van der Waals surface area contributed by atoms with Crippen LogP contribution in [0.15, 0.2) is 48.7 Å². The molecule has 0 radical (unpaired) electrons. The highest BCUT2D eigenvalue weighted by Gasteiger charge is 2.22. The Hall–Kier alpha value is -2.40. The fraction of sp³-hybridized carbons (Fsp3) is 0.400. The van der Waals surface area contributed by atoms with Crippen LogP contribution in [0.1, 0.15) is 37.8 Å². The van der Waals surface area contributed by atoms with Gasteiger partial charge < -0.3 is 16.0 Å². The van der Waals surface area contributed by atoms with E-state index in [1.165, 1.54) is 19.3 Å². The van der Waals surface area contributed by atoms with E-state index in [0.717, 1.165) is 24.5 Å². The van der Waals surface area contributed by atoms with Gasteiger partial charge in [0.15, 0.2) is 0 Å². The molecule has 0 saturated carbocycles. The van der Waals surface area contributed by atoms with Crippen molar-refractivity contribution >= 4 is 17.4 Å². The third-order valence-electron chi connectivity index (χ3n) is 4.83. The van der Waals surface area contributed by atoms with Crippen LogP contribution >= 0.6 is 0 Å². The van der Waals surface area contributed by atoms with Gasteiger partial charge in [0.05, 0.1) is 17.8 Å². The second-order valence-electron chi connectivity index (χ2n) is 6.67. The zero-order valence-electron chi connectivity index (χ0n) is 14.7. The van der Waals surface area contributed by atoms with Crippen LogP contribution in [0.25, 0.3) is 0 Å². The number of nitrogens with one attached hydrogen (secondary N) is 1. The Kier molecular flexibility index (Phi) is 5.66. The normalized spacial score (nSPS) is 17.0. The Morgan fingerprint density at radius 3 is 2.48 bits per heavy atom. The standard InChI is InChI=1S/C20H26N4O/c1-15(19(21)16-8-4-2-5-9-16)20(25)23-17-10-11-18(22-14-17)24-12-6-3-7-13-24/h2,4-5,8-11,14-15,19H,3,6-7,12-13,21H2,1H3,(H,23,25). The lowest BCUT2D eigenvalue weighted by atomic mass is 9.94. The van der Waals surface area contributed by atoms with Gasteiger partial charge in [-0.25, -0.2) is 4.98 Å². The minimum Gasteiger partial charge on any atom is -0.357 e. The summed E-state index contributed by atoms with van der Waals surface area (Å²) in [5, 5.41) is 2.92. The van der Waals surface area contributed by atoms with E-state index in [9.17, 15) is 4.79 Å². The van der Waals surface area contributed by atoms with E-state index in [4.69, 9.17) is 5.73 Å². The van der Waals surface area contributed by atoms with Crippen molar-refractivity contribution in [3.8, 4) is 0 Å². The lowest BCUT2D eigenvalue weighted by molar-refractivity contribution is -0.120. The molecule has 1 amide bonds. The number of nitrogens with two attached hydrogens (primary N) is 1. The maximum Gasteiger partial charge on any atom is 0.229 e. The molecule has 2 aromatic rings. The summed E-state index contributed by atoms with van der Waals surface area (Å²) < 4.78 is 0. The van der Waals surface area contributed by atoms with Gasteiger partial charge in [-0.3, -0.25) is 4.79 Å². The molecule has 0 aliphatic carbocycles. The summed E-state index contributed by atoms with van der Waals surface area (Å²) in [6, 6.07) is 13.3. The molecule has 2 unspecified atom stereocenters. The van der Waals surface area contributed by atoms with E-state index in [1.54, 1.807) is 6.20 Å². The maximum atomic E-state index is 12.5. The van der Waals surface area contributed by atoms with E-state index in [-0.39, 0.29) is 17.9 Å². The van der Waals surface area contributed by atoms with Gasteiger partial charge in [-0.05, 0) is 37.0 Å². The number of rotatable bonds is 5. The third-order valence-corrected chi connectivity index (χ3v) is 4.83. The summed E-state index contributed by atoms with van der Waals surface area (Å²) in [5.74, 6) is 0.555. The minimum absolute atomic E-state index is 0.0936. The number of nitrogens with zero attached hydrogens (tertiary/aromatic N) is 2. The van der Waals surface area contributed by atoms with Crippen LogP contribution in [0.2, 0.25) is 0 Å². The molecule has 2 atom stereocenters. The van der Waals surface area contributed by atoms with Crippen LogP contribution < -0.4 is 16.0 Å². The zero-order valence-corrected chi connectivity index (χ0v) is 14.7. The molecule has 3 rings (SSSR count). The molecule has 0 bridgehead atoms. The fourth-order valence-corrected chi connectivity index (χ4v) is 3.15. The molecule has 1 aromatic carbocycles. The molecule has 132 valence electrons. The van der Waals surface area contributed by atoms with Gasteiger partial charge in [-0.2, -0.15) is 0 Å². The highest BCUT2D eigenvalue weighted by molar-refractivity contribution is 5.92. The van der Waals surface area contributed by atoms with Crippen LogP contribution in [0.4, 0.5) is 11.5 Å². The minimum atomic E-state index is -0.332. The fourth-order valence-electron chi connectivity index (χ4n) is 3.15. The molecular weight excluding hydrogens is 312 g/mol. The molecular formula is C20H26N4O. The third kappa shape index (κ3) is 4.37. The largest absolute Gasteiger partial charge is 0.357 e. The molecule has 1 aliphatic rings. The summed E-state index contributed by atoms with van der Waals surface area (Å²) in [7, 11) is 0. The van der Waals surface area contributed by atoms with Gasteiger partial charge in [0.25, 0.3) is 0 Å². The average molecular weight is 338 g/mol. The Balaban J connectivity index is 1.60. The van der Waals surface area contributed by atoms with E-state index >= 15 is 0 Å². The summed E-state index contributed by atoms with van der Waals surface area (Å²) in [6.07, 6.45) is 5.46. The van der Waals surface area contributed by atoms with Crippen molar-refractivity contribution in [2.24, 2.45) is 11.7 Å². The second-order valence-corrected chi connectivity index (χ2v) is 6.67. The predicted octanol–water partition coefficient (Wildman–Crippen LogP) is 3.35. The lowest BCUT2D eigenvalue weighted by Crippen LogP contribution is -2.31. The topological polar surface area (TPSA) is 71.2 Å². The predicted molar refractivity (Wildman–Crippen MR) is 101 cm³/mol. The Labute approximate surface area is 149 Å². The van der Waals surface area contributed by atoms with Crippen molar-refractivity contribution in [2.45, 2.75) is 32.2 Å². The summed E-state index contributed by atoms with van der Waals surface area (Å²) in [5.41, 5.74) is 7.90. The monoisotopic (exact) mass is 338 g/mol. The van der Waals surface area contributed by atoms with Gasteiger partial charge >= 0.3 is 0 Å². The first-order valence-electron chi connectivity index (χ1n) is 8.97.